The van der Waals surface area contributed by atoms with Crippen molar-refractivity contribution in [3.05, 3.63) is 49.6 Å². The van der Waals surface area contributed by atoms with Crippen LogP contribution < -0.4 is 5.32 Å². The lowest BCUT2D eigenvalue weighted by molar-refractivity contribution is -0.123. The Morgan fingerprint density at radius 2 is 1.96 bits per heavy atom. The molecule has 1 aromatic heterocycles. The van der Waals surface area contributed by atoms with Crippen LogP contribution >= 0.6 is 34.5 Å². The highest BCUT2D eigenvalue weighted by Crippen LogP contribution is 2.32. The Balaban J connectivity index is 1.64. The molecule has 0 bridgehead atoms. The molecular weight excluding hydrogens is 369 g/mol. The van der Waals surface area contributed by atoms with Crippen LogP contribution in [0.3, 0.4) is 0 Å². The van der Waals surface area contributed by atoms with E-state index < -0.39 is 18.0 Å². The minimum Gasteiger partial charge on any atom is -0.448 e. The Morgan fingerprint density at radius 1 is 1.25 bits per heavy atom. The van der Waals surface area contributed by atoms with E-state index in [-0.39, 0.29) is 0 Å². The van der Waals surface area contributed by atoms with E-state index in [2.05, 4.69) is 5.32 Å². The fourth-order valence-corrected chi connectivity index (χ4v) is 4.17. The largest absolute Gasteiger partial charge is 0.448 e. The van der Waals surface area contributed by atoms with Crippen molar-refractivity contribution in [2.45, 2.75) is 32.3 Å². The maximum Gasteiger partial charge on any atom is 0.349 e. The number of halogens is 2. The number of para-hydroxylation sites is 1. The second kappa shape index (κ2) is 7.13. The van der Waals surface area contributed by atoms with Crippen LogP contribution in [0.15, 0.2) is 24.3 Å². The summed E-state index contributed by atoms with van der Waals surface area (Å²) in [6, 6.07) is 6.78. The summed E-state index contributed by atoms with van der Waals surface area (Å²) in [6.45, 7) is 1.51. The fourth-order valence-electron chi connectivity index (χ4n) is 2.54. The standard InChI is InChI=1S/C17H15Cl2NO3S/c1-9(16(21)20-15-11(18)5-3-6-12(15)19)23-17(22)14-8-10-4-2-7-13(10)24-14/h3,5-6,8-9H,2,4,7H2,1H3,(H,20,21)/t9-/m1/s1. The number of anilines is 1. The van der Waals surface area contributed by atoms with Crippen molar-refractivity contribution >= 4 is 52.1 Å². The highest BCUT2D eigenvalue weighted by molar-refractivity contribution is 7.14. The Labute approximate surface area is 153 Å². The van der Waals surface area contributed by atoms with Crippen LogP contribution in [0.2, 0.25) is 10.0 Å². The molecule has 126 valence electrons. The van der Waals surface area contributed by atoms with Crippen LogP contribution in [0, 0.1) is 0 Å². The molecule has 2 aromatic rings. The van der Waals surface area contributed by atoms with Crippen LogP contribution in [0.5, 0.6) is 0 Å². The van der Waals surface area contributed by atoms with Gasteiger partial charge >= 0.3 is 5.97 Å². The molecule has 0 spiro atoms. The van der Waals surface area contributed by atoms with Gasteiger partial charge in [0.15, 0.2) is 6.10 Å². The number of aryl methyl sites for hydroxylation is 2. The Morgan fingerprint density at radius 3 is 2.62 bits per heavy atom. The second-order valence-electron chi connectivity index (χ2n) is 5.55. The van der Waals surface area contributed by atoms with Gasteiger partial charge in [0.1, 0.15) is 4.88 Å². The second-order valence-corrected chi connectivity index (χ2v) is 7.50. The van der Waals surface area contributed by atoms with Crippen LogP contribution in [0.4, 0.5) is 5.69 Å². The van der Waals surface area contributed by atoms with Gasteiger partial charge in [0.05, 0.1) is 15.7 Å². The minimum absolute atomic E-state index is 0.309. The summed E-state index contributed by atoms with van der Waals surface area (Å²) < 4.78 is 5.26. The van der Waals surface area contributed by atoms with Gasteiger partial charge in [0, 0.05) is 4.88 Å². The number of esters is 1. The molecule has 1 aromatic carbocycles. The van der Waals surface area contributed by atoms with Gasteiger partial charge in [-0.15, -0.1) is 11.3 Å². The maximum absolute atomic E-state index is 12.2. The smallest absolute Gasteiger partial charge is 0.349 e. The van der Waals surface area contributed by atoms with E-state index in [1.807, 2.05) is 6.07 Å². The Hall–Kier alpha value is -1.56. The molecule has 0 saturated carbocycles. The molecule has 1 amide bonds. The molecule has 1 N–H and O–H groups in total. The van der Waals surface area contributed by atoms with Crippen LogP contribution in [-0.4, -0.2) is 18.0 Å². The van der Waals surface area contributed by atoms with E-state index >= 15 is 0 Å². The summed E-state index contributed by atoms with van der Waals surface area (Å²) in [7, 11) is 0. The van der Waals surface area contributed by atoms with Crippen molar-refractivity contribution in [2.75, 3.05) is 5.32 Å². The number of hydrogen-bond acceptors (Lipinski definition) is 4. The predicted octanol–water partition coefficient (Wildman–Crippen LogP) is 4.73. The van der Waals surface area contributed by atoms with Crippen molar-refractivity contribution in [3.8, 4) is 0 Å². The van der Waals surface area contributed by atoms with Crippen molar-refractivity contribution in [1.82, 2.24) is 0 Å². The highest BCUT2D eigenvalue weighted by Gasteiger charge is 2.24. The molecule has 0 fully saturated rings. The van der Waals surface area contributed by atoms with E-state index in [1.54, 1.807) is 18.2 Å². The normalized spacial score (nSPS) is 14.1. The van der Waals surface area contributed by atoms with E-state index in [0.717, 1.165) is 19.3 Å². The van der Waals surface area contributed by atoms with E-state index in [1.165, 1.54) is 28.7 Å². The topological polar surface area (TPSA) is 55.4 Å². The van der Waals surface area contributed by atoms with Gasteiger partial charge < -0.3 is 10.1 Å². The molecule has 0 unspecified atom stereocenters. The lowest BCUT2D eigenvalue weighted by Crippen LogP contribution is -2.30. The number of rotatable bonds is 4. The summed E-state index contributed by atoms with van der Waals surface area (Å²) in [5, 5.41) is 3.24. The Bertz CT molecular complexity index is 761. The first-order valence-electron chi connectivity index (χ1n) is 7.53. The van der Waals surface area contributed by atoms with Gasteiger partial charge in [-0.05, 0) is 49.9 Å². The van der Waals surface area contributed by atoms with E-state index in [0.29, 0.717) is 20.6 Å². The number of carbonyl (C=O) groups excluding carboxylic acids is 2. The van der Waals surface area contributed by atoms with E-state index in [9.17, 15) is 9.59 Å². The van der Waals surface area contributed by atoms with Crippen LogP contribution in [0.1, 0.15) is 33.5 Å². The van der Waals surface area contributed by atoms with Crippen LogP contribution in [0.25, 0.3) is 0 Å². The summed E-state index contributed by atoms with van der Waals surface area (Å²) in [5.74, 6) is -0.968. The number of benzene rings is 1. The number of amides is 1. The van der Waals surface area contributed by atoms with Gasteiger partial charge in [-0.2, -0.15) is 0 Å². The quantitative estimate of drug-likeness (QED) is 0.776. The lowest BCUT2D eigenvalue weighted by atomic mass is 10.2. The third kappa shape index (κ3) is 3.58. The molecule has 1 aliphatic rings. The molecule has 0 aliphatic heterocycles. The fraction of sp³-hybridized carbons (Fsp3) is 0.294. The zero-order chi connectivity index (χ0) is 17.3. The predicted molar refractivity (Wildman–Crippen MR) is 96.3 cm³/mol. The SMILES string of the molecule is C[C@@H](OC(=O)c1cc2c(s1)CCC2)C(=O)Nc1c(Cl)cccc1Cl. The summed E-state index contributed by atoms with van der Waals surface area (Å²) in [6.07, 6.45) is 2.18. The first kappa shape index (κ1) is 17.3. The van der Waals surface area contributed by atoms with Crippen molar-refractivity contribution in [1.29, 1.82) is 0 Å². The number of ether oxygens (including phenoxy) is 1. The molecule has 7 heteroatoms. The summed E-state index contributed by atoms with van der Waals surface area (Å²) in [5.41, 5.74) is 1.52. The lowest BCUT2D eigenvalue weighted by Gasteiger charge is -2.14. The molecule has 24 heavy (non-hydrogen) atoms. The van der Waals surface area contributed by atoms with Crippen molar-refractivity contribution in [3.63, 3.8) is 0 Å². The number of carbonyl (C=O) groups is 2. The molecule has 3 rings (SSSR count). The Kier molecular flexibility index (Phi) is 5.13. The summed E-state index contributed by atoms with van der Waals surface area (Å²) >= 11 is 13.5. The van der Waals surface area contributed by atoms with Gasteiger partial charge in [-0.3, -0.25) is 4.79 Å². The number of thiophene rings is 1. The molecule has 1 atom stereocenters. The average Bonchev–Trinajstić information content (AvgIpc) is 3.12. The minimum atomic E-state index is -0.957. The molecule has 0 radical (unpaired) electrons. The van der Waals surface area contributed by atoms with Crippen LogP contribution in [-0.2, 0) is 22.4 Å². The van der Waals surface area contributed by atoms with Crippen molar-refractivity contribution in [2.24, 2.45) is 0 Å². The molecule has 4 nitrogen and oxygen atoms in total. The third-order valence-corrected chi connectivity index (χ3v) is 5.66. The van der Waals surface area contributed by atoms with Gasteiger partial charge in [0.2, 0.25) is 0 Å². The van der Waals surface area contributed by atoms with Crippen molar-refractivity contribution < 1.29 is 14.3 Å². The average molecular weight is 384 g/mol. The number of fused-ring (bicyclic) bond motifs is 1. The monoisotopic (exact) mass is 383 g/mol. The first-order chi connectivity index (χ1) is 11.5. The third-order valence-electron chi connectivity index (χ3n) is 3.81. The number of nitrogens with one attached hydrogen (secondary N) is 1. The van der Waals surface area contributed by atoms with Gasteiger partial charge in [-0.1, -0.05) is 29.3 Å². The molecular formula is C17H15Cl2NO3S. The molecule has 1 aliphatic carbocycles. The number of hydrogen-bond donors (Lipinski definition) is 1. The van der Waals surface area contributed by atoms with Gasteiger partial charge in [-0.25, -0.2) is 4.79 Å². The molecule has 1 heterocycles. The summed E-state index contributed by atoms with van der Waals surface area (Å²) in [4.78, 5) is 26.2. The maximum atomic E-state index is 12.2. The highest BCUT2D eigenvalue weighted by atomic mass is 35.5. The molecule has 0 saturated heterocycles. The van der Waals surface area contributed by atoms with Gasteiger partial charge in [0.25, 0.3) is 5.91 Å². The first-order valence-corrected chi connectivity index (χ1v) is 9.10. The zero-order valence-corrected chi connectivity index (χ0v) is 15.2. The van der Waals surface area contributed by atoms with E-state index in [4.69, 9.17) is 27.9 Å². The zero-order valence-electron chi connectivity index (χ0n) is 12.9.